The lowest BCUT2D eigenvalue weighted by molar-refractivity contribution is -0.142. The van der Waals surface area contributed by atoms with Crippen LogP contribution in [0.5, 0.6) is 0 Å². The first-order valence-electron chi connectivity index (χ1n) is 6.90. The SMILES string of the molecule is C=CCCC(NC(=O)C1(c2cccc(Cl)c2)CC1)C(=O)O. The molecule has 1 aromatic rings. The van der Waals surface area contributed by atoms with Crippen LogP contribution < -0.4 is 5.32 Å². The Hall–Kier alpha value is -1.81. The highest BCUT2D eigenvalue weighted by molar-refractivity contribution is 6.30. The van der Waals surface area contributed by atoms with E-state index in [0.717, 1.165) is 5.56 Å². The fourth-order valence-corrected chi connectivity index (χ4v) is 2.59. The molecule has 2 rings (SSSR count). The minimum absolute atomic E-state index is 0.235. The van der Waals surface area contributed by atoms with E-state index < -0.39 is 17.4 Å². The predicted molar refractivity (Wildman–Crippen MR) is 81.4 cm³/mol. The second-order valence-electron chi connectivity index (χ2n) is 5.32. The number of hydrogen-bond donors (Lipinski definition) is 2. The van der Waals surface area contributed by atoms with E-state index in [-0.39, 0.29) is 5.91 Å². The Morgan fingerprint density at radius 2 is 2.19 bits per heavy atom. The van der Waals surface area contributed by atoms with Crippen LogP contribution >= 0.6 is 11.6 Å². The summed E-state index contributed by atoms with van der Waals surface area (Å²) in [6, 6.07) is 6.30. The molecule has 1 aromatic carbocycles. The van der Waals surface area contributed by atoms with Gasteiger partial charge >= 0.3 is 5.97 Å². The molecule has 112 valence electrons. The van der Waals surface area contributed by atoms with Crippen LogP contribution in [-0.4, -0.2) is 23.0 Å². The average Bonchev–Trinajstić information content (AvgIpc) is 3.24. The van der Waals surface area contributed by atoms with E-state index >= 15 is 0 Å². The molecule has 21 heavy (non-hydrogen) atoms. The summed E-state index contributed by atoms with van der Waals surface area (Å²) in [5.74, 6) is -1.26. The molecule has 0 saturated heterocycles. The van der Waals surface area contributed by atoms with Gasteiger partial charge in [0.25, 0.3) is 0 Å². The fourth-order valence-electron chi connectivity index (χ4n) is 2.40. The zero-order valence-corrected chi connectivity index (χ0v) is 12.4. The van der Waals surface area contributed by atoms with Gasteiger partial charge < -0.3 is 10.4 Å². The Bertz CT molecular complexity index is 566. The van der Waals surface area contributed by atoms with Crippen molar-refractivity contribution in [2.75, 3.05) is 0 Å². The maximum Gasteiger partial charge on any atom is 0.326 e. The molecular formula is C16H18ClNO3. The van der Waals surface area contributed by atoms with Gasteiger partial charge in [0.15, 0.2) is 0 Å². The van der Waals surface area contributed by atoms with E-state index in [4.69, 9.17) is 11.6 Å². The van der Waals surface area contributed by atoms with E-state index in [2.05, 4.69) is 11.9 Å². The van der Waals surface area contributed by atoms with Crippen molar-refractivity contribution in [3.63, 3.8) is 0 Å². The van der Waals surface area contributed by atoms with Gasteiger partial charge in [-0.25, -0.2) is 4.79 Å². The van der Waals surface area contributed by atoms with Crippen LogP contribution in [-0.2, 0) is 15.0 Å². The molecule has 1 fully saturated rings. The summed E-state index contributed by atoms with van der Waals surface area (Å²) in [5, 5.41) is 12.4. The highest BCUT2D eigenvalue weighted by atomic mass is 35.5. The molecule has 1 aliphatic rings. The third kappa shape index (κ3) is 3.45. The minimum atomic E-state index is -1.02. The van der Waals surface area contributed by atoms with Crippen molar-refractivity contribution in [1.29, 1.82) is 0 Å². The molecule has 1 saturated carbocycles. The highest BCUT2D eigenvalue weighted by Crippen LogP contribution is 2.48. The van der Waals surface area contributed by atoms with Crippen molar-refractivity contribution in [2.45, 2.75) is 37.1 Å². The van der Waals surface area contributed by atoms with E-state index in [1.54, 1.807) is 24.3 Å². The molecule has 0 aliphatic heterocycles. The van der Waals surface area contributed by atoms with Gasteiger partial charge in [0, 0.05) is 5.02 Å². The van der Waals surface area contributed by atoms with Crippen LogP contribution in [0.4, 0.5) is 0 Å². The van der Waals surface area contributed by atoms with Gasteiger partial charge in [0.05, 0.1) is 5.41 Å². The number of halogens is 1. The molecule has 2 N–H and O–H groups in total. The van der Waals surface area contributed by atoms with Crippen LogP contribution in [0.15, 0.2) is 36.9 Å². The molecule has 4 nitrogen and oxygen atoms in total. The first-order valence-corrected chi connectivity index (χ1v) is 7.28. The van der Waals surface area contributed by atoms with Gasteiger partial charge in [0.2, 0.25) is 5.91 Å². The first-order chi connectivity index (χ1) is 9.99. The zero-order chi connectivity index (χ0) is 15.5. The standard InChI is InChI=1S/C16H18ClNO3/c1-2-3-7-13(14(19)20)18-15(21)16(8-9-16)11-5-4-6-12(17)10-11/h2,4-6,10,13H,1,3,7-9H2,(H,18,21)(H,19,20). The maximum atomic E-state index is 12.5. The maximum absolute atomic E-state index is 12.5. The van der Waals surface area contributed by atoms with Crippen LogP contribution in [0.25, 0.3) is 0 Å². The third-order valence-electron chi connectivity index (χ3n) is 3.82. The number of carbonyl (C=O) groups excluding carboxylic acids is 1. The molecule has 0 radical (unpaired) electrons. The minimum Gasteiger partial charge on any atom is -0.480 e. The molecule has 0 bridgehead atoms. The zero-order valence-electron chi connectivity index (χ0n) is 11.6. The van der Waals surface area contributed by atoms with Crippen molar-refractivity contribution in [3.8, 4) is 0 Å². The van der Waals surface area contributed by atoms with Gasteiger partial charge in [-0.3, -0.25) is 4.79 Å². The molecule has 0 aromatic heterocycles. The Kier molecular flexibility index (Phi) is 4.68. The second-order valence-corrected chi connectivity index (χ2v) is 5.76. The highest BCUT2D eigenvalue weighted by Gasteiger charge is 2.51. The summed E-state index contributed by atoms with van der Waals surface area (Å²) in [6.07, 6.45) is 3.96. The lowest BCUT2D eigenvalue weighted by Gasteiger charge is -2.20. The summed E-state index contributed by atoms with van der Waals surface area (Å²) in [4.78, 5) is 23.7. The predicted octanol–water partition coefficient (Wildman–Crippen LogP) is 2.91. The molecule has 1 atom stereocenters. The van der Waals surface area contributed by atoms with Crippen molar-refractivity contribution in [3.05, 3.63) is 47.5 Å². The number of nitrogens with one attached hydrogen (secondary N) is 1. The van der Waals surface area contributed by atoms with E-state index in [0.29, 0.717) is 30.7 Å². The van der Waals surface area contributed by atoms with Crippen LogP contribution in [0.1, 0.15) is 31.2 Å². The Labute approximate surface area is 128 Å². The number of allylic oxidation sites excluding steroid dienone is 1. The number of aliphatic carboxylic acids is 1. The molecular weight excluding hydrogens is 290 g/mol. The average molecular weight is 308 g/mol. The Morgan fingerprint density at radius 3 is 2.71 bits per heavy atom. The number of hydrogen-bond acceptors (Lipinski definition) is 2. The topological polar surface area (TPSA) is 66.4 Å². The molecule has 1 amide bonds. The number of carboxylic acid groups (broad SMARTS) is 1. The van der Waals surface area contributed by atoms with Gasteiger partial charge in [-0.15, -0.1) is 6.58 Å². The van der Waals surface area contributed by atoms with Crippen LogP contribution in [0.2, 0.25) is 5.02 Å². The van der Waals surface area contributed by atoms with Crippen molar-refractivity contribution < 1.29 is 14.7 Å². The third-order valence-corrected chi connectivity index (χ3v) is 4.06. The Balaban J connectivity index is 2.11. The lowest BCUT2D eigenvalue weighted by Crippen LogP contribution is -2.45. The van der Waals surface area contributed by atoms with Crippen LogP contribution in [0.3, 0.4) is 0 Å². The number of carboxylic acids is 1. The van der Waals surface area contributed by atoms with E-state index in [1.165, 1.54) is 0 Å². The smallest absolute Gasteiger partial charge is 0.326 e. The monoisotopic (exact) mass is 307 g/mol. The Morgan fingerprint density at radius 1 is 1.48 bits per heavy atom. The number of rotatable bonds is 7. The summed E-state index contributed by atoms with van der Waals surface area (Å²) >= 11 is 5.97. The molecule has 1 unspecified atom stereocenters. The van der Waals surface area contributed by atoms with Crippen LogP contribution in [0, 0.1) is 0 Å². The first kappa shape index (κ1) is 15.6. The van der Waals surface area contributed by atoms with Gasteiger partial charge in [-0.1, -0.05) is 29.8 Å². The van der Waals surface area contributed by atoms with Crippen molar-refractivity contribution in [1.82, 2.24) is 5.32 Å². The summed E-state index contributed by atoms with van der Waals surface area (Å²) in [5.41, 5.74) is 0.229. The van der Waals surface area contributed by atoms with Crippen molar-refractivity contribution in [2.24, 2.45) is 0 Å². The summed E-state index contributed by atoms with van der Waals surface area (Å²) in [6.45, 7) is 3.57. The molecule has 0 heterocycles. The fraction of sp³-hybridized carbons (Fsp3) is 0.375. The van der Waals surface area contributed by atoms with E-state index in [9.17, 15) is 14.7 Å². The normalized spacial score (nSPS) is 16.8. The van der Waals surface area contributed by atoms with Crippen molar-refractivity contribution >= 4 is 23.5 Å². The number of benzene rings is 1. The molecule has 5 heteroatoms. The quantitative estimate of drug-likeness (QED) is 0.761. The number of amides is 1. The summed E-state index contributed by atoms with van der Waals surface area (Å²) in [7, 11) is 0. The van der Waals surface area contributed by atoms with Gasteiger partial charge in [-0.2, -0.15) is 0 Å². The molecule has 1 aliphatic carbocycles. The number of carbonyl (C=O) groups is 2. The van der Waals surface area contributed by atoms with E-state index in [1.807, 2.05) is 6.07 Å². The van der Waals surface area contributed by atoms with Gasteiger partial charge in [-0.05, 0) is 43.4 Å². The lowest BCUT2D eigenvalue weighted by atomic mass is 9.94. The molecule has 0 spiro atoms. The summed E-state index contributed by atoms with van der Waals surface area (Å²) < 4.78 is 0. The second kappa shape index (κ2) is 6.31. The van der Waals surface area contributed by atoms with Gasteiger partial charge in [0.1, 0.15) is 6.04 Å². The largest absolute Gasteiger partial charge is 0.480 e.